The molecule has 4 aromatic rings. The van der Waals surface area contributed by atoms with Crippen LogP contribution in [0.4, 0.5) is 5.69 Å². The number of benzene rings is 2. The number of rotatable bonds is 4. The Labute approximate surface area is 148 Å². The van der Waals surface area contributed by atoms with Crippen LogP contribution < -0.4 is 4.72 Å². The SMILES string of the molecule is Cc1[nH]cnc1-c1nc2ccc(SNc3ccccc3Cl)cc2[nH]1. The van der Waals surface area contributed by atoms with E-state index in [1.54, 1.807) is 6.33 Å². The van der Waals surface area contributed by atoms with Crippen molar-refractivity contribution >= 4 is 40.3 Å². The first-order valence-corrected chi connectivity index (χ1v) is 8.57. The number of aromatic nitrogens is 4. The number of aryl methyl sites for hydroxylation is 1. The second-order valence-electron chi connectivity index (χ2n) is 5.32. The van der Waals surface area contributed by atoms with E-state index in [9.17, 15) is 0 Å². The number of nitrogens with one attached hydrogen (secondary N) is 3. The molecule has 3 N–H and O–H groups in total. The fraction of sp³-hybridized carbons (Fsp3) is 0.0588. The molecule has 0 spiro atoms. The monoisotopic (exact) mass is 355 g/mol. The Kier molecular flexibility index (Phi) is 3.92. The van der Waals surface area contributed by atoms with Gasteiger partial charge in [-0.1, -0.05) is 23.7 Å². The number of nitrogens with zero attached hydrogens (tertiary/aromatic N) is 2. The lowest BCUT2D eigenvalue weighted by Crippen LogP contribution is -1.87. The summed E-state index contributed by atoms with van der Waals surface area (Å²) in [5.74, 6) is 0.768. The molecule has 2 aromatic carbocycles. The zero-order chi connectivity index (χ0) is 16.5. The summed E-state index contributed by atoms with van der Waals surface area (Å²) >= 11 is 7.67. The van der Waals surface area contributed by atoms with Gasteiger partial charge in [0.2, 0.25) is 0 Å². The average Bonchev–Trinajstić information content (AvgIpc) is 3.19. The van der Waals surface area contributed by atoms with Crippen molar-refractivity contribution in [2.75, 3.05) is 4.72 Å². The molecule has 0 bridgehead atoms. The minimum atomic E-state index is 0.698. The van der Waals surface area contributed by atoms with Gasteiger partial charge in [0.25, 0.3) is 0 Å². The largest absolute Gasteiger partial charge is 0.348 e. The number of imidazole rings is 2. The summed E-state index contributed by atoms with van der Waals surface area (Å²) < 4.78 is 3.27. The van der Waals surface area contributed by atoms with Crippen molar-refractivity contribution in [1.82, 2.24) is 19.9 Å². The molecule has 0 radical (unpaired) electrons. The number of para-hydroxylation sites is 1. The van der Waals surface area contributed by atoms with Gasteiger partial charge in [-0.3, -0.25) is 0 Å². The summed E-state index contributed by atoms with van der Waals surface area (Å²) in [5.41, 5.74) is 4.60. The van der Waals surface area contributed by atoms with Gasteiger partial charge in [-0.05, 0) is 49.2 Å². The number of hydrogen-bond donors (Lipinski definition) is 3. The Bertz CT molecular complexity index is 1010. The molecule has 0 saturated heterocycles. The van der Waals surface area contributed by atoms with E-state index in [0.717, 1.165) is 38.8 Å². The van der Waals surface area contributed by atoms with Crippen molar-refractivity contribution in [3.8, 4) is 11.5 Å². The molecule has 24 heavy (non-hydrogen) atoms. The third-order valence-electron chi connectivity index (χ3n) is 3.66. The highest BCUT2D eigenvalue weighted by atomic mass is 35.5. The van der Waals surface area contributed by atoms with Crippen LogP contribution in [0.2, 0.25) is 5.02 Å². The third kappa shape index (κ3) is 2.86. The van der Waals surface area contributed by atoms with E-state index in [2.05, 4.69) is 30.7 Å². The van der Waals surface area contributed by atoms with E-state index < -0.39 is 0 Å². The van der Waals surface area contributed by atoms with E-state index in [-0.39, 0.29) is 0 Å². The fourth-order valence-corrected chi connectivity index (χ4v) is 3.38. The lowest BCUT2D eigenvalue weighted by Gasteiger charge is -2.06. The molecule has 120 valence electrons. The highest BCUT2D eigenvalue weighted by molar-refractivity contribution is 8.00. The first kappa shape index (κ1) is 15.1. The highest BCUT2D eigenvalue weighted by Crippen LogP contribution is 2.29. The van der Waals surface area contributed by atoms with Crippen LogP contribution in [-0.4, -0.2) is 19.9 Å². The second kappa shape index (κ2) is 6.22. The normalized spacial score (nSPS) is 11.1. The molecule has 5 nitrogen and oxygen atoms in total. The standard InChI is InChI=1S/C17H14ClN5S/c1-10-16(20-9-19-10)17-21-14-7-6-11(8-15(14)22-17)24-23-13-5-3-2-4-12(13)18/h2-9,23H,1H3,(H,19,20)(H,21,22). The summed E-state index contributed by atoms with van der Waals surface area (Å²) in [6.07, 6.45) is 1.67. The predicted molar refractivity (Wildman–Crippen MR) is 99.3 cm³/mol. The van der Waals surface area contributed by atoms with Crippen LogP contribution in [0.5, 0.6) is 0 Å². The summed E-state index contributed by atoms with van der Waals surface area (Å²) in [5, 5.41) is 0.698. The molecule has 4 rings (SSSR count). The molecule has 0 atom stereocenters. The van der Waals surface area contributed by atoms with Gasteiger partial charge in [0.15, 0.2) is 5.82 Å². The van der Waals surface area contributed by atoms with E-state index in [1.165, 1.54) is 11.9 Å². The zero-order valence-corrected chi connectivity index (χ0v) is 14.4. The Hall–Kier alpha value is -2.44. The number of hydrogen-bond acceptors (Lipinski definition) is 4. The number of H-pyrrole nitrogens is 2. The third-order valence-corrected chi connectivity index (χ3v) is 4.80. The maximum Gasteiger partial charge on any atom is 0.159 e. The number of halogens is 1. The van der Waals surface area contributed by atoms with E-state index in [4.69, 9.17) is 11.6 Å². The lowest BCUT2D eigenvalue weighted by molar-refractivity contribution is 1.24. The Morgan fingerprint density at radius 3 is 2.83 bits per heavy atom. The first-order chi connectivity index (χ1) is 11.7. The molecule has 0 amide bonds. The highest BCUT2D eigenvalue weighted by Gasteiger charge is 2.10. The van der Waals surface area contributed by atoms with Crippen LogP contribution in [0.1, 0.15) is 5.69 Å². The summed E-state index contributed by atoms with van der Waals surface area (Å²) in [6.45, 7) is 1.98. The fourth-order valence-electron chi connectivity index (χ4n) is 2.42. The molecule has 7 heteroatoms. The van der Waals surface area contributed by atoms with Crippen LogP contribution in [0.3, 0.4) is 0 Å². The summed E-state index contributed by atoms with van der Waals surface area (Å²) in [4.78, 5) is 16.4. The van der Waals surface area contributed by atoms with Crippen LogP contribution in [0, 0.1) is 6.92 Å². The van der Waals surface area contributed by atoms with Crippen LogP contribution in [0.25, 0.3) is 22.6 Å². The van der Waals surface area contributed by atoms with Crippen molar-refractivity contribution in [3.05, 3.63) is 59.5 Å². The van der Waals surface area contributed by atoms with E-state index in [0.29, 0.717) is 5.02 Å². The van der Waals surface area contributed by atoms with Gasteiger partial charge >= 0.3 is 0 Å². The molecule has 2 aromatic heterocycles. The predicted octanol–water partition coefficient (Wildman–Crippen LogP) is 5.03. The molecule has 0 aliphatic rings. The maximum absolute atomic E-state index is 6.16. The first-order valence-electron chi connectivity index (χ1n) is 7.38. The topological polar surface area (TPSA) is 69.4 Å². The lowest BCUT2D eigenvalue weighted by atomic mass is 10.3. The second-order valence-corrected chi connectivity index (χ2v) is 6.61. The Morgan fingerprint density at radius 2 is 2.04 bits per heavy atom. The van der Waals surface area contributed by atoms with Gasteiger partial charge in [0.05, 0.1) is 28.1 Å². The van der Waals surface area contributed by atoms with Crippen LogP contribution >= 0.6 is 23.5 Å². The molecular weight excluding hydrogens is 342 g/mol. The van der Waals surface area contributed by atoms with Crippen LogP contribution in [-0.2, 0) is 0 Å². The van der Waals surface area contributed by atoms with Gasteiger partial charge in [0, 0.05) is 10.6 Å². The van der Waals surface area contributed by atoms with Crippen molar-refractivity contribution in [2.45, 2.75) is 11.8 Å². The Balaban J connectivity index is 1.59. The minimum Gasteiger partial charge on any atom is -0.348 e. The van der Waals surface area contributed by atoms with Gasteiger partial charge < -0.3 is 14.7 Å². The van der Waals surface area contributed by atoms with E-state index >= 15 is 0 Å². The van der Waals surface area contributed by atoms with Gasteiger partial charge in [-0.15, -0.1) is 0 Å². The minimum absolute atomic E-state index is 0.698. The summed E-state index contributed by atoms with van der Waals surface area (Å²) in [6, 6.07) is 13.7. The molecule has 0 unspecified atom stereocenters. The number of fused-ring (bicyclic) bond motifs is 1. The quantitative estimate of drug-likeness (QED) is 0.449. The smallest absolute Gasteiger partial charge is 0.159 e. The zero-order valence-electron chi connectivity index (χ0n) is 12.8. The van der Waals surface area contributed by atoms with Gasteiger partial charge in [0.1, 0.15) is 5.69 Å². The molecule has 0 saturated carbocycles. The van der Waals surface area contributed by atoms with Crippen molar-refractivity contribution < 1.29 is 0 Å². The molecular formula is C17H14ClN5S. The van der Waals surface area contributed by atoms with E-state index in [1.807, 2.05) is 43.3 Å². The number of anilines is 1. The molecule has 0 aliphatic carbocycles. The number of aromatic amines is 2. The van der Waals surface area contributed by atoms with Crippen molar-refractivity contribution in [2.24, 2.45) is 0 Å². The van der Waals surface area contributed by atoms with Gasteiger partial charge in [-0.25, -0.2) is 9.97 Å². The maximum atomic E-state index is 6.16. The summed E-state index contributed by atoms with van der Waals surface area (Å²) in [7, 11) is 0. The molecule has 2 heterocycles. The van der Waals surface area contributed by atoms with Crippen molar-refractivity contribution in [3.63, 3.8) is 0 Å². The average molecular weight is 356 g/mol. The molecule has 0 aliphatic heterocycles. The Morgan fingerprint density at radius 1 is 1.17 bits per heavy atom. The van der Waals surface area contributed by atoms with Crippen molar-refractivity contribution in [1.29, 1.82) is 0 Å². The molecule has 0 fully saturated rings. The van der Waals surface area contributed by atoms with Gasteiger partial charge in [-0.2, -0.15) is 0 Å². The van der Waals surface area contributed by atoms with Crippen LogP contribution in [0.15, 0.2) is 53.7 Å².